The number of hydrogen-bond acceptors (Lipinski definition) is 4. The number of hydrogen-bond donors (Lipinski definition) is 1. The third kappa shape index (κ3) is 6.48. The Morgan fingerprint density at radius 2 is 1.84 bits per heavy atom. The van der Waals surface area contributed by atoms with Gasteiger partial charge in [-0.05, 0) is 88.3 Å². The van der Waals surface area contributed by atoms with Gasteiger partial charge in [0.15, 0.2) is 11.5 Å². The second kappa shape index (κ2) is 11.4. The molecule has 1 N–H and O–H groups in total. The Hall–Kier alpha value is -2.54. The summed E-state index contributed by atoms with van der Waals surface area (Å²) in [7, 11) is 1.53. The minimum atomic E-state index is -0.528. The summed E-state index contributed by atoms with van der Waals surface area (Å²) in [6.07, 6.45) is 1.49. The first kappa shape index (κ1) is 24.1. The number of carbonyl (C=O) groups excluding carboxylic acids is 1. The van der Waals surface area contributed by atoms with E-state index < -0.39 is 5.91 Å². The fourth-order valence-electron chi connectivity index (χ4n) is 2.71. The molecule has 1 amide bonds. The lowest BCUT2D eigenvalue weighted by Crippen LogP contribution is -2.13. The number of carbonyl (C=O) groups is 1. The van der Waals surface area contributed by atoms with Crippen molar-refractivity contribution in [1.82, 2.24) is 0 Å². The van der Waals surface area contributed by atoms with Crippen LogP contribution in [0.2, 0.25) is 5.02 Å². The van der Waals surface area contributed by atoms with Gasteiger partial charge in [-0.1, -0.05) is 39.7 Å². The molecule has 0 bridgehead atoms. The van der Waals surface area contributed by atoms with E-state index in [-0.39, 0.29) is 5.57 Å². The highest BCUT2D eigenvalue weighted by atomic mass is 127. The van der Waals surface area contributed by atoms with Gasteiger partial charge in [0, 0.05) is 18.8 Å². The number of ether oxygens (including phenoxy) is 2. The highest BCUT2D eigenvalue weighted by Gasteiger charge is 2.14. The molecule has 8 heteroatoms. The van der Waals surface area contributed by atoms with Crippen molar-refractivity contribution in [3.8, 4) is 17.6 Å². The van der Waals surface area contributed by atoms with E-state index in [4.69, 9.17) is 21.1 Å². The van der Waals surface area contributed by atoms with Crippen LogP contribution in [0.4, 0.5) is 5.69 Å². The van der Waals surface area contributed by atoms with Gasteiger partial charge in [-0.25, -0.2) is 0 Å². The normalized spacial score (nSPS) is 10.9. The van der Waals surface area contributed by atoms with E-state index in [9.17, 15) is 10.1 Å². The van der Waals surface area contributed by atoms with Gasteiger partial charge < -0.3 is 14.8 Å². The van der Waals surface area contributed by atoms with Crippen LogP contribution in [0, 0.1) is 14.9 Å². The number of halogens is 3. The largest absolute Gasteiger partial charge is 0.493 e. The van der Waals surface area contributed by atoms with Crippen LogP contribution >= 0.6 is 50.1 Å². The lowest BCUT2D eigenvalue weighted by molar-refractivity contribution is -0.112. The quantitative estimate of drug-likeness (QED) is 0.178. The number of amides is 1. The standard InChI is InChI=1S/C24H17BrClIN2O3/c1-31-22-11-16(10-17(13-28)24(30)29-20-8-4-18(26)5-9-20)21(25)12-23(22)32-14-15-2-6-19(27)7-3-15/h2-12H,14H2,1H3,(H,29,30)/b17-10-. The van der Waals surface area contributed by atoms with E-state index in [2.05, 4.69) is 43.8 Å². The molecule has 3 aromatic rings. The Labute approximate surface area is 213 Å². The van der Waals surface area contributed by atoms with Crippen molar-refractivity contribution < 1.29 is 14.3 Å². The van der Waals surface area contributed by atoms with E-state index >= 15 is 0 Å². The predicted molar refractivity (Wildman–Crippen MR) is 138 cm³/mol. The van der Waals surface area contributed by atoms with Crippen LogP contribution in [-0.4, -0.2) is 13.0 Å². The van der Waals surface area contributed by atoms with Crippen molar-refractivity contribution in [2.45, 2.75) is 6.61 Å². The lowest BCUT2D eigenvalue weighted by Gasteiger charge is -2.13. The van der Waals surface area contributed by atoms with Gasteiger partial charge >= 0.3 is 0 Å². The molecular formula is C24H17BrClIN2O3. The molecule has 3 aromatic carbocycles. The molecule has 0 saturated heterocycles. The van der Waals surface area contributed by atoms with E-state index in [1.54, 1.807) is 36.4 Å². The summed E-state index contributed by atoms with van der Waals surface area (Å²) < 4.78 is 13.2. The molecule has 0 radical (unpaired) electrons. The van der Waals surface area contributed by atoms with Crippen molar-refractivity contribution in [2.24, 2.45) is 0 Å². The van der Waals surface area contributed by atoms with Crippen LogP contribution in [0.25, 0.3) is 6.08 Å². The minimum Gasteiger partial charge on any atom is -0.493 e. The van der Waals surface area contributed by atoms with Gasteiger partial charge in [0.25, 0.3) is 5.91 Å². The summed E-state index contributed by atoms with van der Waals surface area (Å²) in [5, 5.41) is 12.7. The van der Waals surface area contributed by atoms with Gasteiger partial charge in [-0.3, -0.25) is 4.79 Å². The highest BCUT2D eigenvalue weighted by molar-refractivity contribution is 14.1. The Kier molecular flexibility index (Phi) is 8.56. The number of anilines is 1. The number of benzene rings is 3. The summed E-state index contributed by atoms with van der Waals surface area (Å²) in [5.41, 5.74) is 2.11. The van der Waals surface area contributed by atoms with E-state index in [1.165, 1.54) is 13.2 Å². The SMILES string of the molecule is COc1cc(/C=C(/C#N)C(=O)Nc2ccc(Cl)cc2)c(Br)cc1OCc1ccc(I)cc1. The van der Waals surface area contributed by atoms with Crippen molar-refractivity contribution in [3.63, 3.8) is 0 Å². The van der Waals surface area contributed by atoms with Crippen molar-refractivity contribution in [2.75, 3.05) is 12.4 Å². The third-order valence-electron chi connectivity index (χ3n) is 4.36. The average Bonchev–Trinajstić information content (AvgIpc) is 2.79. The van der Waals surface area contributed by atoms with Crippen LogP contribution in [0.15, 0.2) is 70.7 Å². The summed E-state index contributed by atoms with van der Waals surface area (Å²) in [4.78, 5) is 12.5. The zero-order chi connectivity index (χ0) is 23.1. The van der Waals surface area contributed by atoms with Crippen LogP contribution < -0.4 is 14.8 Å². The Balaban J connectivity index is 1.80. The number of methoxy groups -OCH3 is 1. The van der Waals surface area contributed by atoms with Crippen LogP contribution in [0.1, 0.15) is 11.1 Å². The summed E-state index contributed by atoms with van der Waals surface area (Å²) in [6, 6.07) is 20.1. The number of nitrogens with zero attached hydrogens (tertiary/aromatic N) is 1. The summed E-state index contributed by atoms with van der Waals surface area (Å²) >= 11 is 11.6. The monoisotopic (exact) mass is 622 g/mol. The first-order chi connectivity index (χ1) is 15.4. The van der Waals surface area contributed by atoms with Crippen LogP contribution in [0.5, 0.6) is 11.5 Å². The first-order valence-electron chi connectivity index (χ1n) is 9.33. The average molecular weight is 624 g/mol. The van der Waals surface area contributed by atoms with Gasteiger partial charge in [0.1, 0.15) is 18.2 Å². The molecule has 0 aliphatic rings. The molecular weight excluding hydrogens is 607 g/mol. The minimum absolute atomic E-state index is 0.0599. The van der Waals surface area contributed by atoms with Crippen LogP contribution in [-0.2, 0) is 11.4 Å². The summed E-state index contributed by atoms with van der Waals surface area (Å²) in [6.45, 7) is 0.377. The maximum Gasteiger partial charge on any atom is 0.266 e. The van der Waals surface area contributed by atoms with E-state index in [1.807, 2.05) is 30.3 Å². The molecule has 0 saturated carbocycles. The van der Waals surface area contributed by atoms with Gasteiger partial charge in [-0.15, -0.1) is 0 Å². The van der Waals surface area contributed by atoms with Gasteiger partial charge in [-0.2, -0.15) is 5.26 Å². The smallest absolute Gasteiger partial charge is 0.266 e. The maximum absolute atomic E-state index is 12.5. The fourth-order valence-corrected chi connectivity index (χ4v) is 3.63. The van der Waals surface area contributed by atoms with Crippen molar-refractivity contribution >= 4 is 67.8 Å². The highest BCUT2D eigenvalue weighted by Crippen LogP contribution is 2.35. The molecule has 0 aliphatic heterocycles. The maximum atomic E-state index is 12.5. The fraction of sp³-hybridized carbons (Fsp3) is 0.0833. The van der Waals surface area contributed by atoms with Crippen molar-refractivity contribution in [1.29, 1.82) is 5.26 Å². The van der Waals surface area contributed by atoms with E-state index in [0.29, 0.717) is 38.9 Å². The number of nitriles is 1. The second-order valence-electron chi connectivity index (χ2n) is 6.57. The molecule has 0 fully saturated rings. The van der Waals surface area contributed by atoms with Gasteiger partial charge in [0.05, 0.1) is 7.11 Å². The second-order valence-corrected chi connectivity index (χ2v) is 9.11. The number of rotatable bonds is 7. The molecule has 0 unspecified atom stereocenters. The van der Waals surface area contributed by atoms with Crippen molar-refractivity contribution in [3.05, 3.63) is 90.4 Å². The molecule has 32 heavy (non-hydrogen) atoms. The molecule has 0 spiro atoms. The van der Waals surface area contributed by atoms with Gasteiger partial charge in [0.2, 0.25) is 0 Å². The zero-order valence-electron chi connectivity index (χ0n) is 16.9. The summed E-state index contributed by atoms with van der Waals surface area (Å²) in [5.74, 6) is 0.499. The number of nitrogens with one attached hydrogen (secondary N) is 1. The third-order valence-corrected chi connectivity index (χ3v) is 6.02. The lowest BCUT2D eigenvalue weighted by atomic mass is 10.1. The predicted octanol–water partition coefficient (Wildman–Crippen LogP) is 6.84. The molecule has 0 aromatic heterocycles. The Morgan fingerprint density at radius 3 is 2.47 bits per heavy atom. The van der Waals surface area contributed by atoms with Crippen LogP contribution in [0.3, 0.4) is 0 Å². The first-order valence-corrected chi connectivity index (χ1v) is 11.6. The Bertz CT molecular complexity index is 1190. The zero-order valence-corrected chi connectivity index (χ0v) is 21.4. The molecule has 5 nitrogen and oxygen atoms in total. The topological polar surface area (TPSA) is 71.3 Å². The molecule has 0 atom stereocenters. The molecule has 3 rings (SSSR count). The molecule has 162 valence electrons. The molecule has 0 aliphatic carbocycles. The Morgan fingerprint density at radius 1 is 1.16 bits per heavy atom. The van der Waals surface area contributed by atoms with E-state index in [0.717, 1.165) is 9.13 Å². The molecule has 0 heterocycles.